The molecule has 246 valence electrons. The van der Waals surface area contributed by atoms with Gasteiger partial charge in [-0.3, -0.25) is 8.87 Å². The Hall–Kier alpha value is -4.07. The number of halogens is 2. The van der Waals surface area contributed by atoms with Crippen LogP contribution in [-0.2, 0) is 19.6 Å². The number of alkyl carbamates (subject to hydrolysis) is 1. The van der Waals surface area contributed by atoms with Gasteiger partial charge in [0.2, 0.25) is 5.88 Å². The Labute approximate surface area is 277 Å². The van der Waals surface area contributed by atoms with E-state index in [1.54, 1.807) is 70.5 Å². The minimum Gasteiger partial charge on any atom is -0.480 e. The predicted molar refractivity (Wildman–Crippen MR) is 176 cm³/mol. The van der Waals surface area contributed by atoms with Gasteiger partial charge < -0.3 is 19.9 Å². The summed E-state index contributed by atoms with van der Waals surface area (Å²) in [6.45, 7) is 10.6. The van der Waals surface area contributed by atoms with Crippen molar-refractivity contribution in [1.82, 2.24) is 19.9 Å². The minimum atomic E-state index is -4.46. The molecule has 0 bridgehead atoms. The Balaban J connectivity index is 1.62. The SMILES string of the molecule is CC(C)(C)OC(=O)NCCOc1cnc(-n2ccc3cc(N(C(C(=O)O)C(C)(C)C)S(=O)(=O)c4cc(Cl)cc(Cl)c4)ccc32)cn1. The number of hydrogen-bond donors (Lipinski definition) is 2. The molecule has 12 nitrogen and oxygen atoms in total. The lowest BCUT2D eigenvalue weighted by Crippen LogP contribution is -2.52. The molecule has 0 saturated carbocycles. The van der Waals surface area contributed by atoms with Crippen LogP contribution in [0, 0.1) is 5.41 Å². The average Bonchev–Trinajstić information content (AvgIpc) is 3.35. The van der Waals surface area contributed by atoms with E-state index >= 15 is 0 Å². The summed E-state index contributed by atoms with van der Waals surface area (Å²) in [7, 11) is -4.46. The number of anilines is 1. The summed E-state index contributed by atoms with van der Waals surface area (Å²) < 4.78 is 41.6. The fraction of sp³-hybridized carbons (Fsp3) is 0.355. The zero-order chi connectivity index (χ0) is 34.0. The first-order valence-corrected chi connectivity index (χ1v) is 16.3. The van der Waals surface area contributed by atoms with Crippen molar-refractivity contribution in [1.29, 1.82) is 0 Å². The molecule has 2 aromatic heterocycles. The van der Waals surface area contributed by atoms with Gasteiger partial charge >= 0.3 is 12.1 Å². The smallest absolute Gasteiger partial charge is 0.407 e. The van der Waals surface area contributed by atoms with Crippen molar-refractivity contribution in [3.8, 4) is 11.7 Å². The standard InChI is InChI=1S/C31H35Cl2N5O7S/c1-30(2,3)27(28(39)40)38(46(42,43)23-15-20(32)14-21(33)16-23)22-7-8-24-19(13-22)9-11-37(24)25-17-36-26(18-35-25)44-12-10-34-29(41)45-31(4,5)6/h7-9,11,13-18,27H,10,12H2,1-6H3,(H,34,41)(H,39,40). The molecule has 1 amide bonds. The second-order valence-electron chi connectivity index (χ2n) is 12.4. The number of nitrogens with zero attached hydrogens (tertiary/aromatic N) is 4. The van der Waals surface area contributed by atoms with Gasteiger partial charge in [0.05, 0.1) is 35.0 Å². The third kappa shape index (κ3) is 8.20. The van der Waals surface area contributed by atoms with E-state index in [1.807, 2.05) is 0 Å². The van der Waals surface area contributed by atoms with Crippen molar-refractivity contribution in [3.05, 3.63) is 71.1 Å². The van der Waals surface area contributed by atoms with Crippen molar-refractivity contribution < 1.29 is 32.6 Å². The summed E-state index contributed by atoms with van der Waals surface area (Å²) in [5.74, 6) is -0.615. The summed E-state index contributed by atoms with van der Waals surface area (Å²) in [6.07, 6.45) is 4.13. The highest BCUT2D eigenvalue weighted by Gasteiger charge is 2.43. The van der Waals surface area contributed by atoms with E-state index in [0.717, 1.165) is 4.31 Å². The van der Waals surface area contributed by atoms with Crippen LogP contribution in [0.3, 0.4) is 0 Å². The first-order chi connectivity index (χ1) is 21.4. The second-order valence-corrected chi connectivity index (χ2v) is 15.1. The number of carboxylic acid groups (broad SMARTS) is 1. The molecule has 46 heavy (non-hydrogen) atoms. The largest absolute Gasteiger partial charge is 0.480 e. The van der Waals surface area contributed by atoms with Crippen LogP contribution >= 0.6 is 23.2 Å². The molecule has 0 saturated heterocycles. The lowest BCUT2D eigenvalue weighted by molar-refractivity contribution is -0.140. The molecule has 4 aromatic rings. The van der Waals surface area contributed by atoms with Crippen molar-refractivity contribution in [2.45, 2.75) is 58.1 Å². The summed E-state index contributed by atoms with van der Waals surface area (Å²) in [5.41, 5.74) is -0.808. The maximum atomic E-state index is 14.1. The second kappa shape index (κ2) is 13.3. The van der Waals surface area contributed by atoms with Crippen LogP contribution in [0.1, 0.15) is 41.5 Å². The molecular weight excluding hydrogens is 657 g/mol. The molecule has 0 aliphatic heterocycles. The highest BCUT2D eigenvalue weighted by Crippen LogP contribution is 2.37. The Morgan fingerprint density at radius 2 is 1.67 bits per heavy atom. The van der Waals surface area contributed by atoms with Crippen molar-refractivity contribution >= 4 is 61.9 Å². The first-order valence-electron chi connectivity index (χ1n) is 14.1. The zero-order valence-corrected chi connectivity index (χ0v) is 28.4. The molecule has 2 heterocycles. The van der Waals surface area contributed by atoms with Gasteiger partial charge in [-0.1, -0.05) is 44.0 Å². The van der Waals surface area contributed by atoms with Crippen LogP contribution in [0.5, 0.6) is 5.88 Å². The quantitative estimate of drug-likeness (QED) is 0.182. The lowest BCUT2D eigenvalue weighted by Gasteiger charge is -2.37. The van der Waals surface area contributed by atoms with E-state index in [4.69, 9.17) is 32.7 Å². The Morgan fingerprint density at radius 3 is 2.24 bits per heavy atom. The monoisotopic (exact) mass is 691 g/mol. The van der Waals surface area contributed by atoms with E-state index in [-0.39, 0.29) is 39.7 Å². The fourth-order valence-electron chi connectivity index (χ4n) is 4.64. The lowest BCUT2D eigenvalue weighted by atomic mass is 9.86. The molecule has 2 N–H and O–H groups in total. The molecule has 4 rings (SSSR count). The number of fused-ring (bicyclic) bond motifs is 1. The van der Waals surface area contributed by atoms with Crippen LogP contribution in [-0.4, -0.2) is 64.9 Å². The summed E-state index contributed by atoms with van der Waals surface area (Å²) in [6, 6.07) is 8.94. The average molecular weight is 693 g/mol. The van der Waals surface area contributed by atoms with Crippen LogP contribution in [0.15, 0.2) is 66.0 Å². The fourth-order valence-corrected chi connectivity index (χ4v) is 7.15. The van der Waals surface area contributed by atoms with E-state index in [2.05, 4.69) is 15.3 Å². The van der Waals surface area contributed by atoms with Gasteiger partial charge in [-0.2, -0.15) is 0 Å². The number of carbonyl (C=O) groups excluding carboxylic acids is 1. The van der Waals surface area contributed by atoms with Gasteiger partial charge in [-0.05, 0) is 68.7 Å². The van der Waals surface area contributed by atoms with Crippen molar-refractivity contribution in [2.75, 3.05) is 17.5 Å². The van der Waals surface area contributed by atoms with Gasteiger partial charge in [0.1, 0.15) is 18.2 Å². The van der Waals surface area contributed by atoms with Crippen LogP contribution in [0.25, 0.3) is 16.7 Å². The van der Waals surface area contributed by atoms with Crippen LogP contribution in [0.4, 0.5) is 10.5 Å². The molecule has 1 atom stereocenters. The Morgan fingerprint density at radius 1 is 1.00 bits per heavy atom. The minimum absolute atomic E-state index is 0.0937. The van der Waals surface area contributed by atoms with E-state index in [0.29, 0.717) is 16.7 Å². The number of amides is 1. The number of nitrogens with one attached hydrogen (secondary N) is 1. The molecule has 0 aliphatic rings. The van der Waals surface area contributed by atoms with Gasteiger partial charge in [-0.25, -0.2) is 28.0 Å². The number of hydrogen-bond acceptors (Lipinski definition) is 8. The number of ether oxygens (including phenoxy) is 2. The maximum absolute atomic E-state index is 14.1. The summed E-state index contributed by atoms with van der Waals surface area (Å²) in [4.78, 5) is 32.8. The highest BCUT2D eigenvalue weighted by molar-refractivity contribution is 7.93. The highest BCUT2D eigenvalue weighted by atomic mass is 35.5. The third-order valence-electron chi connectivity index (χ3n) is 6.49. The predicted octanol–water partition coefficient (Wildman–Crippen LogP) is 6.33. The number of aromatic nitrogens is 3. The number of benzene rings is 2. The Bertz CT molecular complexity index is 1830. The number of carbonyl (C=O) groups is 2. The topological polar surface area (TPSA) is 153 Å². The molecule has 2 aromatic carbocycles. The first kappa shape index (κ1) is 34.8. The summed E-state index contributed by atoms with van der Waals surface area (Å²) >= 11 is 12.2. The van der Waals surface area contributed by atoms with Crippen LogP contribution < -0.4 is 14.4 Å². The Kier molecular flexibility index (Phi) is 10.1. The molecule has 15 heteroatoms. The van der Waals surface area contributed by atoms with Crippen molar-refractivity contribution in [3.63, 3.8) is 0 Å². The third-order valence-corrected chi connectivity index (χ3v) is 8.70. The molecule has 0 aliphatic carbocycles. The van der Waals surface area contributed by atoms with Crippen molar-refractivity contribution in [2.24, 2.45) is 5.41 Å². The number of carboxylic acids is 1. The van der Waals surface area contributed by atoms with Gasteiger partial charge in [-0.15, -0.1) is 0 Å². The van der Waals surface area contributed by atoms with Crippen LogP contribution in [0.2, 0.25) is 10.0 Å². The molecule has 1 unspecified atom stereocenters. The molecular formula is C31H35Cl2N5O7S. The molecule has 0 spiro atoms. The van der Waals surface area contributed by atoms with Gasteiger partial charge in [0.15, 0.2) is 5.82 Å². The maximum Gasteiger partial charge on any atom is 0.407 e. The molecule has 0 radical (unpaired) electrons. The zero-order valence-electron chi connectivity index (χ0n) is 26.1. The van der Waals surface area contributed by atoms with Gasteiger partial charge in [0, 0.05) is 21.6 Å². The molecule has 0 fully saturated rings. The van der Waals surface area contributed by atoms with Gasteiger partial charge in [0.25, 0.3) is 10.0 Å². The van der Waals surface area contributed by atoms with E-state index < -0.39 is 39.1 Å². The normalized spacial score (nSPS) is 12.9. The van der Waals surface area contributed by atoms with E-state index in [1.165, 1.54) is 36.7 Å². The number of rotatable bonds is 10. The number of aliphatic carboxylic acids is 1. The number of sulfonamides is 1. The van der Waals surface area contributed by atoms with E-state index in [9.17, 15) is 23.1 Å². The summed E-state index contributed by atoms with van der Waals surface area (Å²) in [5, 5.41) is 13.7.